The van der Waals surface area contributed by atoms with Crippen LogP contribution in [-0.2, 0) is 9.47 Å². The largest absolute Gasteiger partial charge is 0.369 e. The van der Waals surface area contributed by atoms with Crippen molar-refractivity contribution in [2.45, 2.75) is 13.2 Å². The summed E-state index contributed by atoms with van der Waals surface area (Å²) in [7, 11) is 5.32. The standard InChI is InChI=1S/C12H19NO2/c1-10-5-7-11(8-6-10)13(2)9-12(14-3)15-4/h5-8,12H,9H2,1-4H3. The van der Waals surface area contributed by atoms with Crippen molar-refractivity contribution in [3.8, 4) is 0 Å². The van der Waals surface area contributed by atoms with Gasteiger partial charge in [0.05, 0.1) is 6.54 Å². The van der Waals surface area contributed by atoms with Crippen molar-refractivity contribution in [1.29, 1.82) is 0 Å². The number of likely N-dealkylation sites (N-methyl/N-ethyl adjacent to an activating group) is 1. The second-order valence-electron chi connectivity index (χ2n) is 3.62. The Hall–Kier alpha value is -1.06. The first-order valence-corrected chi connectivity index (χ1v) is 5.00. The third-order valence-electron chi connectivity index (χ3n) is 2.42. The molecular weight excluding hydrogens is 190 g/mol. The molecule has 0 unspecified atom stereocenters. The van der Waals surface area contributed by atoms with Gasteiger partial charge in [0.1, 0.15) is 0 Å². The van der Waals surface area contributed by atoms with E-state index < -0.39 is 0 Å². The summed E-state index contributed by atoms with van der Waals surface area (Å²) in [5.41, 5.74) is 2.43. The van der Waals surface area contributed by atoms with Gasteiger partial charge in [-0.2, -0.15) is 0 Å². The highest BCUT2D eigenvalue weighted by Crippen LogP contribution is 2.13. The third-order valence-corrected chi connectivity index (χ3v) is 2.42. The van der Waals surface area contributed by atoms with Crippen LogP contribution in [0.25, 0.3) is 0 Å². The van der Waals surface area contributed by atoms with Crippen LogP contribution in [0.5, 0.6) is 0 Å². The molecule has 1 aromatic carbocycles. The smallest absolute Gasteiger partial charge is 0.174 e. The summed E-state index contributed by atoms with van der Waals surface area (Å²) in [4.78, 5) is 2.11. The lowest BCUT2D eigenvalue weighted by Gasteiger charge is -2.23. The fourth-order valence-corrected chi connectivity index (χ4v) is 1.37. The third kappa shape index (κ3) is 3.53. The van der Waals surface area contributed by atoms with Crippen LogP contribution in [0.4, 0.5) is 5.69 Å². The highest BCUT2D eigenvalue weighted by Gasteiger charge is 2.09. The Balaban J connectivity index is 2.60. The Morgan fingerprint density at radius 2 is 1.67 bits per heavy atom. The Morgan fingerprint density at radius 3 is 2.13 bits per heavy atom. The van der Waals surface area contributed by atoms with Crippen molar-refractivity contribution < 1.29 is 9.47 Å². The molecule has 0 heterocycles. The molecule has 0 aliphatic rings. The van der Waals surface area contributed by atoms with E-state index in [0.29, 0.717) is 0 Å². The zero-order valence-electron chi connectivity index (χ0n) is 9.86. The molecule has 84 valence electrons. The van der Waals surface area contributed by atoms with Gasteiger partial charge in [-0.3, -0.25) is 0 Å². The van der Waals surface area contributed by atoms with Gasteiger partial charge in [0.15, 0.2) is 6.29 Å². The molecule has 1 aromatic rings. The zero-order valence-corrected chi connectivity index (χ0v) is 9.86. The molecule has 3 heteroatoms. The van der Waals surface area contributed by atoms with Crippen LogP contribution in [0.2, 0.25) is 0 Å². The van der Waals surface area contributed by atoms with Crippen molar-refractivity contribution >= 4 is 5.69 Å². The van der Waals surface area contributed by atoms with Crippen molar-refractivity contribution in [3.05, 3.63) is 29.8 Å². The van der Waals surface area contributed by atoms with Gasteiger partial charge < -0.3 is 14.4 Å². The van der Waals surface area contributed by atoms with Crippen LogP contribution >= 0.6 is 0 Å². The van der Waals surface area contributed by atoms with Crippen LogP contribution in [0.15, 0.2) is 24.3 Å². The first kappa shape index (κ1) is 12.0. The Kier molecular flexibility index (Phi) is 4.59. The SMILES string of the molecule is COC(CN(C)c1ccc(C)cc1)OC. The summed E-state index contributed by atoms with van der Waals surface area (Å²) < 4.78 is 10.3. The molecule has 0 saturated heterocycles. The molecule has 1 rings (SSSR count). The molecule has 0 bridgehead atoms. The number of aryl methyl sites for hydroxylation is 1. The second-order valence-corrected chi connectivity index (χ2v) is 3.62. The number of methoxy groups -OCH3 is 2. The normalized spacial score (nSPS) is 10.7. The monoisotopic (exact) mass is 209 g/mol. The van der Waals surface area contributed by atoms with E-state index in [4.69, 9.17) is 9.47 Å². The minimum atomic E-state index is -0.184. The van der Waals surface area contributed by atoms with E-state index in [0.717, 1.165) is 6.54 Å². The predicted molar refractivity (Wildman–Crippen MR) is 62.3 cm³/mol. The summed E-state index contributed by atoms with van der Waals surface area (Å²) in [5, 5.41) is 0. The number of benzene rings is 1. The number of anilines is 1. The van der Waals surface area contributed by atoms with Gasteiger partial charge in [-0.25, -0.2) is 0 Å². The van der Waals surface area contributed by atoms with E-state index in [1.165, 1.54) is 11.3 Å². The fourth-order valence-electron chi connectivity index (χ4n) is 1.37. The van der Waals surface area contributed by atoms with E-state index in [-0.39, 0.29) is 6.29 Å². The highest BCUT2D eigenvalue weighted by molar-refractivity contribution is 5.46. The molecule has 0 N–H and O–H groups in total. The molecule has 0 atom stereocenters. The lowest BCUT2D eigenvalue weighted by molar-refractivity contribution is -0.0944. The van der Waals surface area contributed by atoms with Crippen LogP contribution in [0, 0.1) is 6.92 Å². The predicted octanol–water partition coefficient (Wildman–Crippen LogP) is 2.05. The molecule has 0 radical (unpaired) electrons. The summed E-state index contributed by atoms with van der Waals surface area (Å²) >= 11 is 0. The quantitative estimate of drug-likeness (QED) is 0.693. The number of nitrogens with zero attached hydrogens (tertiary/aromatic N) is 1. The number of hydrogen-bond acceptors (Lipinski definition) is 3. The molecule has 15 heavy (non-hydrogen) atoms. The van der Waals surface area contributed by atoms with Gasteiger partial charge in [0, 0.05) is 27.0 Å². The molecule has 0 fully saturated rings. The number of hydrogen-bond donors (Lipinski definition) is 0. The molecule has 0 spiro atoms. The maximum Gasteiger partial charge on any atom is 0.174 e. The van der Waals surface area contributed by atoms with Crippen LogP contribution in [0.1, 0.15) is 5.56 Å². The number of rotatable bonds is 5. The Morgan fingerprint density at radius 1 is 1.13 bits per heavy atom. The molecule has 0 aromatic heterocycles. The first-order chi connectivity index (χ1) is 7.17. The van der Waals surface area contributed by atoms with Gasteiger partial charge >= 0.3 is 0 Å². The number of ether oxygens (including phenoxy) is 2. The molecule has 0 amide bonds. The van der Waals surface area contributed by atoms with Crippen molar-refractivity contribution in [2.75, 3.05) is 32.7 Å². The lowest BCUT2D eigenvalue weighted by atomic mass is 10.2. The minimum absolute atomic E-state index is 0.184. The topological polar surface area (TPSA) is 21.7 Å². The molecular formula is C12H19NO2. The van der Waals surface area contributed by atoms with E-state index >= 15 is 0 Å². The molecule has 0 saturated carbocycles. The van der Waals surface area contributed by atoms with E-state index in [1.807, 2.05) is 7.05 Å². The van der Waals surface area contributed by atoms with Crippen molar-refractivity contribution in [1.82, 2.24) is 0 Å². The first-order valence-electron chi connectivity index (χ1n) is 5.00. The van der Waals surface area contributed by atoms with Gasteiger partial charge in [-0.1, -0.05) is 17.7 Å². The summed E-state index contributed by atoms with van der Waals surface area (Å²) in [6, 6.07) is 8.39. The lowest BCUT2D eigenvalue weighted by Crippen LogP contribution is -2.31. The van der Waals surface area contributed by atoms with E-state index in [2.05, 4.69) is 36.1 Å². The highest BCUT2D eigenvalue weighted by atomic mass is 16.7. The minimum Gasteiger partial charge on any atom is -0.369 e. The average Bonchev–Trinajstić information content (AvgIpc) is 2.26. The van der Waals surface area contributed by atoms with Gasteiger partial charge in [-0.05, 0) is 19.1 Å². The van der Waals surface area contributed by atoms with Gasteiger partial charge in [0.2, 0.25) is 0 Å². The maximum atomic E-state index is 5.15. The second kappa shape index (κ2) is 5.73. The van der Waals surface area contributed by atoms with E-state index in [9.17, 15) is 0 Å². The Bertz CT molecular complexity index is 280. The van der Waals surface area contributed by atoms with Gasteiger partial charge in [0.25, 0.3) is 0 Å². The van der Waals surface area contributed by atoms with Crippen molar-refractivity contribution in [2.24, 2.45) is 0 Å². The fraction of sp³-hybridized carbons (Fsp3) is 0.500. The molecule has 0 aliphatic carbocycles. The van der Waals surface area contributed by atoms with Crippen LogP contribution < -0.4 is 4.90 Å². The van der Waals surface area contributed by atoms with Crippen molar-refractivity contribution in [3.63, 3.8) is 0 Å². The zero-order chi connectivity index (χ0) is 11.3. The summed E-state index contributed by atoms with van der Waals surface area (Å²) in [6.45, 7) is 2.80. The van der Waals surface area contributed by atoms with E-state index in [1.54, 1.807) is 14.2 Å². The van der Waals surface area contributed by atoms with Gasteiger partial charge in [-0.15, -0.1) is 0 Å². The summed E-state index contributed by atoms with van der Waals surface area (Å²) in [5.74, 6) is 0. The Labute approximate surface area is 91.6 Å². The molecule has 3 nitrogen and oxygen atoms in total. The molecule has 0 aliphatic heterocycles. The van der Waals surface area contributed by atoms with Crippen LogP contribution in [-0.4, -0.2) is 34.1 Å². The average molecular weight is 209 g/mol. The maximum absolute atomic E-state index is 5.15. The summed E-state index contributed by atoms with van der Waals surface area (Å²) in [6.07, 6.45) is -0.184. The van der Waals surface area contributed by atoms with Crippen LogP contribution in [0.3, 0.4) is 0 Å².